The number of hydrogen-bond acceptors (Lipinski definition) is 7. The van der Waals surface area contributed by atoms with E-state index in [1.807, 2.05) is 0 Å². The number of hydrogen-bond donors (Lipinski definition) is 0. The average molecular weight is 403 g/mol. The number of carbonyl (C=O) groups excluding carboxylic acids is 2. The van der Waals surface area contributed by atoms with E-state index in [9.17, 15) is 19.2 Å². The molecule has 9 heteroatoms. The van der Waals surface area contributed by atoms with E-state index in [0.717, 1.165) is 16.2 Å². The molecule has 7 nitrogen and oxygen atoms in total. The third kappa shape index (κ3) is 5.22. The summed E-state index contributed by atoms with van der Waals surface area (Å²) in [6.07, 6.45) is 0.733. The highest BCUT2D eigenvalue weighted by molar-refractivity contribution is 7.14. The molecule has 0 radical (unpaired) electrons. The number of rotatable bonds is 7. The Morgan fingerprint density at radius 1 is 1.43 bits per heavy atom. The molecule has 0 spiro atoms. The molecule has 0 saturated heterocycles. The van der Waals surface area contributed by atoms with Crippen LogP contribution in [0, 0.1) is 17.1 Å². The molecular formula is C19H18FN3O4S. The molecule has 0 aliphatic rings. The van der Waals surface area contributed by atoms with Crippen molar-refractivity contribution in [3.05, 3.63) is 46.7 Å². The molecule has 2 aromatic rings. The van der Waals surface area contributed by atoms with Crippen molar-refractivity contribution in [3.63, 3.8) is 0 Å². The first-order valence-corrected chi connectivity index (χ1v) is 9.07. The lowest BCUT2D eigenvalue weighted by molar-refractivity contribution is -0.145. The van der Waals surface area contributed by atoms with Crippen molar-refractivity contribution in [1.29, 1.82) is 5.26 Å². The van der Waals surface area contributed by atoms with Gasteiger partial charge in [-0.05, 0) is 25.1 Å². The number of nitriles is 1. The standard InChI is InChI=1S/C19H18FN3O4S/c1-12(10-26-3)27-18(25)14(9-21)8-15-11-28-19(22-15)23(13(2)24)17-7-5-4-6-16(17)20/h4-8,11-12H,10H2,1-3H3/b14-8+/t12-/m0/s1. The van der Waals surface area contributed by atoms with Crippen LogP contribution in [-0.4, -0.2) is 36.7 Å². The molecule has 0 N–H and O–H groups in total. The monoisotopic (exact) mass is 403 g/mol. The maximum atomic E-state index is 14.1. The minimum atomic E-state index is -0.806. The zero-order valence-electron chi connectivity index (χ0n) is 15.5. The first-order chi connectivity index (χ1) is 13.4. The van der Waals surface area contributed by atoms with E-state index in [1.165, 1.54) is 38.3 Å². The summed E-state index contributed by atoms with van der Waals surface area (Å²) in [5, 5.41) is 11.0. The number of amides is 1. The number of ether oxygens (including phenoxy) is 2. The number of thiazole rings is 1. The van der Waals surface area contributed by atoms with Crippen molar-refractivity contribution in [2.45, 2.75) is 20.0 Å². The minimum absolute atomic E-state index is 0.0631. The largest absolute Gasteiger partial charge is 0.456 e. The molecule has 0 fully saturated rings. The van der Waals surface area contributed by atoms with Crippen LogP contribution >= 0.6 is 11.3 Å². The van der Waals surface area contributed by atoms with Gasteiger partial charge in [-0.2, -0.15) is 5.26 Å². The van der Waals surface area contributed by atoms with Crippen LogP contribution in [0.25, 0.3) is 6.08 Å². The minimum Gasteiger partial charge on any atom is -0.456 e. The van der Waals surface area contributed by atoms with Crippen molar-refractivity contribution >= 4 is 40.1 Å². The van der Waals surface area contributed by atoms with E-state index >= 15 is 0 Å². The Kier molecular flexibility index (Phi) is 7.37. The Bertz CT molecular complexity index is 935. The molecular weight excluding hydrogens is 385 g/mol. The van der Waals surface area contributed by atoms with Crippen LogP contribution in [0.2, 0.25) is 0 Å². The number of nitrogens with zero attached hydrogens (tertiary/aromatic N) is 3. The van der Waals surface area contributed by atoms with Crippen LogP contribution in [0.1, 0.15) is 19.5 Å². The SMILES string of the molecule is COC[C@H](C)OC(=O)/C(C#N)=C/c1csc(N(C(C)=O)c2ccccc2F)n1. The molecule has 0 aliphatic heterocycles. The quantitative estimate of drug-likeness (QED) is 0.399. The Morgan fingerprint density at radius 3 is 2.75 bits per heavy atom. The van der Waals surface area contributed by atoms with Gasteiger partial charge in [0.2, 0.25) is 5.91 Å². The average Bonchev–Trinajstić information content (AvgIpc) is 3.09. The van der Waals surface area contributed by atoms with Crippen LogP contribution in [0.5, 0.6) is 0 Å². The number of carbonyl (C=O) groups is 2. The first-order valence-electron chi connectivity index (χ1n) is 8.19. The predicted molar refractivity (Wildman–Crippen MR) is 102 cm³/mol. The van der Waals surface area contributed by atoms with Crippen LogP contribution < -0.4 is 4.90 Å². The Labute approximate surface area is 165 Å². The summed E-state index contributed by atoms with van der Waals surface area (Å²) in [5.74, 6) is -1.80. The first kappa shape index (κ1) is 21.2. The van der Waals surface area contributed by atoms with Gasteiger partial charge in [0.05, 0.1) is 18.0 Å². The molecule has 1 aromatic carbocycles. The van der Waals surface area contributed by atoms with Gasteiger partial charge in [0, 0.05) is 19.4 Å². The summed E-state index contributed by atoms with van der Waals surface area (Å²) in [7, 11) is 1.47. The van der Waals surface area contributed by atoms with Crippen LogP contribution in [0.3, 0.4) is 0 Å². The summed E-state index contributed by atoms with van der Waals surface area (Å²) >= 11 is 1.08. The zero-order valence-corrected chi connectivity index (χ0v) is 16.3. The molecule has 146 valence electrons. The molecule has 1 atom stereocenters. The molecule has 28 heavy (non-hydrogen) atoms. The molecule has 1 aromatic heterocycles. The second-order valence-electron chi connectivity index (χ2n) is 5.70. The summed E-state index contributed by atoms with van der Waals surface area (Å²) in [6.45, 7) is 3.12. The normalized spacial score (nSPS) is 12.2. The number of para-hydroxylation sites is 1. The third-order valence-corrected chi connectivity index (χ3v) is 4.30. The molecule has 0 saturated carbocycles. The van der Waals surface area contributed by atoms with Crippen molar-refractivity contribution in [2.24, 2.45) is 0 Å². The van der Waals surface area contributed by atoms with Crippen LogP contribution in [-0.2, 0) is 19.1 Å². The number of anilines is 2. The second-order valence-corrected chi connectivity index (χ2v) is 6.54. The molecule has 0 aliphatic carbocycles. The van der Waals surface area contributed by atoms with Gasteiger partial charge in [0.25, 0.3) is 0 Å². The molecule has 1 heterocycles. The number of halogens is 1. The van der Waals surface area contributed by atoms with Crippen molar-refractivity contribution in [1.82, 2.24) is 4.98 Å². The van der Waals surface area contributed by atoms with E-state index in [1.54, 1.807) is 24.4 Å². The van der Waals surface area contributed by atoms with Gasteiger partial charge in [-0.25, -0.2) is 14.2 Å². The van der Waals surface area contributed by atoms with E-state index in [0.29, 0.717) is 0 Å². The molecule has 0 bridgehead atoms. The highest BCUT2D eigenvalue weighted by atomic mass is 32.1. The van der Waals surface area contributed by atoms with Crippen molar-refractivity contribution in [2.75, 3.05) is 18.6 Å². The van der Waals surface area contributed by atoms with Gasteiger partial charge < -0.3 is 9.47 Å². The van der Waals surface area contributed by atoms with Gasteiger partial charge in [0.1, 0.15) is 23.6 Å². The van der Waals surface area contributed by atoms with Crippen molar-refractivity contribution in [3.8, 4) is 6.07 Å². The lowest BCUT2D eigenvalue weighted by Gasteiger charge is -2.18. The number of methoxy groups -OCH3 is 1. The summed E-state index contributed by atoms with van der Waals surface area (Å²) in [5.41, 5.74) is 0.0868. The molecule has 0 unspecified atom stereocenters. The zero-order chi connectivity index (χ0) is 20.7. The van der Waals surface area contributed by atoms with Gasteiger partial charge in [-0.3, -0.25) is 9.69 Å². The molecule has 1 amide bonds. The van der Waals surface area contributed by atoms with Crippen LogP contribution in [0.4, 0.5) is 15.2 Å². The van der Waals surface area contributed by atoms with E-state index < -0.39 is 23.8 Å². The topological polar surface area (TPSA) is 92.5 Å². The second kappa shape index (κ2) is 9.73. The highest BCUT2D eigenvalue weighted by Crippen LogP contribution is 2.31. The van der Waals surface area contributed by atoms with Crippen molar-refractivity contribution < 1.29 is 23.5 Å². The Balaban J connectivity index is 2.29. The smallest absolute Gasteiger partial charge is 0.349 e. The summed E-state index contributed by atoms with van der Waals surface area (Å²) < 4.78 is 24.1. The van der Waals surface area contributed by atoms with Gasteiger partial charge in [-0.1, -0.05) is 12.1 Å². The fourth-order valence-electron chi connectivity index (χ4n) is 2.29. The highest BCUT2D eigenvalue weighted by Gasteiger charge is 2.21. The Morgan fingerprint density at radius 2 is 2.14 bits per heavy atom. The predicted octanol–water partition coefficient (Wildman–Crippen LogP) is 3.45. The van der Waals surface area contributed by atoms with Crippen LogP contribution in [0.15, 0.2) is 35.2 Å². The lowest BCUT2D eigenvalue weighted by Crippen LogP contribution is -2.23. The number of esters is 1. The lowest BCUT2D eigenvalue weighted by atomic mass is 10.2. The Hall–Kier alpha value is -3.09. The van der Waals surface area contributed by atoms with Gasteiger partial charge >= 0.3 is 5.97 Å². The van der Waals surface area contributed by atoms with E-state index in [2.05, 4.69) is 4.98 Å². The van der Waals surface area contributed by atoms with Gasteiger partial charge in [0.15, 0.2) is 5.13 Å². The third-order valence-electron chi connectivity index (χ3n) is 3.45. The fraction of sp³-hybridized carbons (Fsp3) is 0.263. The summed E-state index contributed by atoms with van der Waals surface area (Å²) in [6, 6.07) is 7.59. The number of benzene rings is 1. The summed E-state index contributed by atoms with van der Waals surface area (Å²) in [4.78, 5) is 29.5. The maximum absolute atomic E-state index is 14.1. The van der Waals surface area contributed by atoms with E-state index in [4.69, 9.17) is 9.47 Å². The fourth-order valence-corrected chi connectivity index (χ4v) is 3.12. The van der Waals surface area contributed by atoms with Gasteiger partial charge in [-0.15, -0.1) is 11.3 Å². The maximum Gasteiger partial charge on any atom is 0.349 e. The van der Waals surface area contributed by atoms with E-state index in [-0.39, 0.29) is 28.7 Å². The molecule has 2 rings (SSSR count). The number of aromatic nitrogens is 1.